The van der Waals surface area contributed by atoms with Crippen molar-refractivity contribution in [2.75, 3.05) is 39.0 Å². The third-order valence-electron chi connectivity index (χ3n) is 2.53. The summed E-state index contributed by atoms with van der Waals surface area (Å²) in [5, 5.41) is 5.13. The van der Waals surface area contributed by atoms with Crippen molar-refractivity contribution in [3.63, 3.8) is 0 Å². The van der Waals surface area contributed by atoms with Gasteiger partial charge >= 0.3 is 6.18 Å². The number of carbonyl (C=O) groups excluding carboxylic acids is 1. The fraction of sp³-hybridized carbons (Fsp3) is 0.462. The van der Waals surface area contributed by atoms with Crippen LogP contribution in [0, 0.1) is 0 Å². The van der Waals surface area contributed by atoms with Gasteiger partial charge in [-0.2, -0.15) is 13.2 Å². The molecular formula is C13H18F3N3O. The number of nitrogens with one attached hydrogen (secondary N) is 2. The number of alkyl halides is 3. The second-order valence-corrected chi connectivity index (χ2v) is 4.57. The topological polar surface area (TPSA) is 44.4 Å². The first-order valence-corrected chi connectivity index (χ1v) is 6.12. The largest absolute Gasteiger partial charge is 0.418 e. The van der Waals surface area contributed by atoms with E-state index in [-0.39, 0.29) is 12.2 Å². The molecule has 0 aliphatic heterocycles. The first-order valence-electron chi connectivity index (χ1n) is 6.12. The molecule has 0 fully saturated rings. The predicted octanol–water partition coefficient (Wildman–Crippen LogP) is 1.80. The Kier molecular flexibility index (Phi) is 5.97. The molecule has 0 aromatic heterocycles. The van der Waals surface area contributed by atoms with Crippen molar-refractivity contribution in [3.8, 4) is 0 Å². The van der Waals surface area contributed by atoms with Crippen LogP contribution in [0.3, 0.4) is 0 Å². The number of halogens is 3. The summed E-state index contributed by atoms with van der Waals surface area (Å²) in [6.07, 6.45) is -4.48. The third-order valence-corrected chi connectivity index (χ3v) is 2.53. The van der Waals surface area contributed by atoms with E-state index in [1.54, 1.807) is 0 Å². The Morgan fingerprint density at radius 2 is 1.90 bits per heavy atom. The van der Waals surface area contributed by atoms with E-state index < -0.39 is 17.6 Å². The molecule has 0 bridgehead atoms. The highest BCUT2D eigenvalue weighted by molar-refractivity contribution is 5.93. The van der Waals surface area contributed by atoms with Crippen LogP contribution in [-0.2, 0) is 11.0 Å². The Hall–Kier alpha value is -1.60. The molecule has 0 aliphatic rings. The molecule has 0 saturated carbocycles. The van der Waals surface area contributed by atoms with Gasteiger partial charge in [0.25, 0.3) is 0 Å². The first-order chi connectivity index (χ1) is 9.30. The van der Waals surface area contributed by atoms with Crippen molar-refractivity contribution in [3.05, 3.63) is 29.8 Å². The number of nitrogens with zero attached hydrogens (tertiary/aromatic N) is 1. The summed E-state index contributed by atoms with van der Waals surface area (Å²) >= 11 is 0. The SMILES string of the molecule is CN(C)CCNCC(=O)Nc1ccccc1C(F)(F)F. The summed E-state index contributed by atoms with van der Waals surface area (Å²) in [6.45, 7) is 1.30. The molecule has 20 heavy (non-hydrogen) atoms. The average molecular weight is 289 g/mol. The molecule has 7 heteroatoms. The van der Waals surface area contributed by atoms with Crippen LogP contribution in [0.4, 0.5) is 18.9 Å². The monoisotopic (exact) mass is 289 g/mol. The van der Waals surface area contributed by atoms with Crippen molar-refractivity contribution >= 4 is 11.6 Å². The lowest BCUT2D eigenvalue weighted by atomic mass is 10.1. The van der Waals surface area contributed by atoms with Crippen LogP contribution in [0.1, 0.15) is 5.56 Å². The van der Waals surface area contributed by atoms with E-state index >= 15 is 0 Å². The highest BCUT2D eigenvalue weighted by Gasteiger charge is 2.33. The van der Waals surface area contributed by atoms with E-state index in [4.69, 9.17) is 0 Å². The Morgan fingerprint density at radius 1 is 1.25 bits per heavy atom. The maximum Gasteiger partial charge on any atom is 0.418 e. The molecule has 4 nitrogen and oxygen atoms in total. The van der Waals surface area contributed by atoms with Crippen LogP contribution in [0.5, 0.6) is 0 Å². The van der Waals surface area contributed by atoms with Crippen molar-refractivity contribution in [1.29, 1.82) is 0 Å². The molecular weight excluding hydrogens is 271 g/mol. The van der Waals surface area contributed by atoms with Gasteiger partial charge in [0.05, 0.1) is 17.8 Å². The predicted molar refractivity (Wildman–Crippen MR) is 71.5 cm³/mol. The summed E-state index contributed by atoms with van der Waals surface area (Å²) in [5.74, 6) is -0.500. The van der Waals surface area contributed by atoms with Gasteiger partial charge in [-0.25, -0.2) is 0 Å². The van der Waals surface area contributed by atoms with E-state index in [9.17, 15) is 18.0 Å². The Morgan fingerprint density at radius 3 is 2.50 bits per heavy atom. The van der Waals surface area contributed by atoms with Gasteiger partial charge in [0.2, 0.25) is 5.91 Å². The van der Waals surface area contributed by atoms with E-state index in [0.29, 0.717) is 6.54 Å². The van der Waals surface area contributed by atoms with E-state index in [1.165, 1.54) is 18.2 Å². The van der Waals surface area contributed by atoms with Gasteiger partial charge < -0.3 is 15.5 Å². The quantitative estimate of drug-likeness (QED) is 0.785. The van der Waals surface area contributed by atoms with Gasteiger partial charge in [0.15, 0.2) is 0 Å². The molecule has 1 amide bonds. The summed E-state index contributed by atoms with van der Waals surface area (Å²) < 4.78 is 38.2. The van der Waals surface area contributed by atoms with Crippen LogP contribution >= 0.6 is 0 Å². The number of amides is 1. The average Bonchev–Trinajstić information content (AvgIpc) is 2.34. The summed E-state index contributed by atoms with van der Waals surface area (Å²) in [7, 11) is 3.78. The van der Waals surface area contributed by atoms with Crippen LogP contribution in [0.25, 0.3) is 0 Å². The summed E-state index contributed by atoms with van der Waals surface area (Å²) in [6, 6.07) is 4.91. The molecule has 0 heterocycles. The maximum atomic E-state index is 12.7. The van der Waals surface area contributed by atoms with Crippen LogP contribution < -0.4 is 10.6 Å². The molecule has 0 radical (unpaired) electrons. The summed E-state index contributed by atoms with van der Waals surface area (Å²) in [5.41, 5.74) is -1.07. The van der Waals surface area contributed by atoms with Crippen molar-refractivity contribution in [2.45, 2.75) is 6.18 Å². The van der Waals surface area contributed by atoms with Crippen LogP contribution in [0.2, 0.25) is 0 Å². The minimum atomic E-state index is -4.48. The molecule has 0 atom stereocenters. The zero-order valence-corrected chi connectivity index (χ0v) is 11.4. The van der Waals surface area contributed by atoms with Gasteiger partial charge in [-0.3, -0.25) is 4.79 Å². The van der Waals surface area contributed by atoms with Crippen molar-refractivity contribution < 1.29 is 18.0 Å². The molecule has 0 aliphatic carbocycles. The minimum absolute atomic E-state index is 0.0277. The van der Waals surface area contributed by atoms with Crippen molar-refractivity contribution in [2.24, 2.45) is 0 Å². The number of likely N-dealkylation sites (N-methyl/N-ethyl adjacent to an activating group) is 1. The number of hydrogen-bond acceptors (Lipinski definition) is 3. The van der Waals surface area contributed by atoms with Crippen molar-refractivity contribution in [1.82, 2.24) is 10.2 Å². The minimum Gasteiger partial charge on any atom is -0.324 e. The smallest absolute Gasteiger partial charge is 0.324 e. The molecule has 1 rings (SSSR count). The van der Waals surface area contributed by atoms with Crippen LogP contribution in [0.15, 0.2) is 24.3 Å². The second kappa shape index (κ2) is 7.25. The fourth-order valence-electron chi connectivity index (χ4n) is 1.54. The first kappa shape index (κ1) is 16.5. The zero-order chi connectivity index (χ0) is 15.2. The normalized spacial score (nSPS) is 11.7. The summed E-state index contributed by atoms with van der Waals surface area (Å²) in [4.78, 5) is 13.5. The second-order valence-electron chi connectivity index (χ2n) is 4.57. The number of benzene rings is 1. The fourth-order valence-corrected chi connectivity index (χ4v) is 1.54. The molecule has 112 valence electrons. The lowest BCUT2D eigenvalue weighted by molar-refractivity contribution is -0.137. The highest BCUT2D eigenvalue weighted by atomic mass is 19.4. The lowest BCUT2D eigenvalue weighted by Crippen LogP contribution is -2.33. The molecule has 0 saturated heterocycles. The number of para-hydroxylation sites is 1. The van der Waals surface area contributed by atoms with Gasteiger partial charge in [0, 0.05) is 13.1 Å². The maximum absolute atomic E-state index is 12.7. The molecule has 1 aromatic rings. The van der Waals surface area contributed by atoms with Crippen LogP contribution in [-0.4, -0.2) is 44.5 Å². The zero-order valence-electron chi connectivity index (χ0n) is 11.4. The van der Waals surface area contributed by atoms with Gasteiger partial charge in [-0.1, -0.05) is 12.1 Å². The highest BCUT2D eigenvalue weighted by Crippen LogP contribution is 2.34. The molecule has 0 spiro atoms. The van der Waals surface area contributed by atoms with E-state index in [2.05, 4.69) is 10.6 Å². The Balaban J connectivity index is 2.54. The Labute approximate surface area is 116 Å². The number of anilines is 1. The number of carbonyl (C=O) groups is 1. The Bertz CT molecular complexity index is 447. The van der Waals surface area contributed by atoms with E-state index in [0.717, 1.165) is 12.6 Å². The lowest BCUT2D eigenvalue weighted by Gasteiger charge is -2.14. The number of rotatable bonds is 6. The third kappa shape index (κ3) is 5.58. The standard InChI is InChI=1S/C13H18F3N3O/c1-19(2)8-7-17-9-12(20)18-11-6-4-3-5-10(11)13(14,15)16/h3-6,17H,7-9H2,1-2H3,(H,18,20). The van der Waals surface area contributed by atoms with Gasteiger partial charge in [0.1, 0.15) is 0 Å². The molecule has 0 unspecified atom stereocenters. The molecule has 2 N–H and O–H groups in total. The van der Waals surface area contributed by atoms with E-state index in [1.807, 2.05) is 19.0 Å². The van der Waals surface area contributed by atoms with Gasteiger partial charge in [-0.15, -0.1) is 0 Å². The molecule has 1 aromatic carbocycles. The number of hydrogen-bond donors (Lipinski definition) is 2. The van der Waals surface area contributed by atoms with Gasteiger partial charge in [-0.05, 0) is 26.2 Å².